The summed E-state index contributed by atoms with van der Waals surface area (Å²) in [4.78, 5) is 10.9. The molecule has 0 saturated carbocycles. The molecule has 2 aliphatic rings. The summed E-state index contributed by atoms with van der Waals surface area (Å²) >= 11 is 0. The standard InChI is InChI=1S/C14H12O/c1-11-13(10-15)8-5-7-12-6-3-2-4-9-14(11)12/h2-10H,1H3. The van der Waals surface area contributed by atoms with Crippen LogP contribution < -0.4 is 0 Å². The molecular formula is C14H12O. The molecule has 0 radical (unpaired) electrons. The van der Waals surface area contributed by atoms with E-state index in [1.165, 1.54) is 0 Å². The minimum absolute atomic E-state index is 0.746. The van der Waals surface area contributed by atoms with Crippen LogP contribution in [0.3, 0.4) is 0 Å². The second-order valence-electron chi connectivity index (χ2n) is 3.50. The van der Waals surface area contributed by atoms with Gasteiger partial charge >= 0.3 is 0 Å². The summed E-state index contributed by atoms with van der Waals surface area (Å²) in [5.74, 6) is 0. The fourth-order valence-electron chi connectivity index (χ4n) is 1.71. The van der Waals surface area contributed by atoms with Gasteiger partial charge in [0, 0.05) is 5.57 Å². The molecule has 0 saturated heterocycles. The summed E-state index contributed by atoms with van der Waals surface area (Å²) in [6.07, 6.45) is 16.8. The minimum Gasteiger partial charge on any atom is -0.298 e. The third-order valence-corrected chi connectivity index (χ3v) is 2.59. The second kappa shape index (κ2) is 4.09. The average Bonchev–Trinajstić information content (AvgIpc) is 2.54. The van der Waals surface area contributed by atoms with E-state index in [1.54, 1.807) is 0 Å². The van der Waals surface area contributed by atoms with Gasteiger partial charge in [-0.15, -0.1) is 0 Å². The summed E-state index contributed by atoms with van der Waals surface area (Å²) in [6, 6.07) is 0. The van der Waals surface area contributed by atoms with Gasteiger partial charge in [-0.1, -0.05) is 48.6 Å². The number of hydrogen-bond acceptors (Lipinski definition) is 1. The summed E-state index contributed by atoms with van der Waals surface area (Å²) in [6.45, 7) is 1.98. The van der Waals surface area contributed by atoms with Crippen LogP contribution in [0.15, 0.2) is 70.9 Å². The van der Waals surface area contributed by atoms with Gasteiger partial charge in [0.05, 0.1) is 0 Å². The molecule has 0 aliphatic heterocycles. The van der Waals surface area contributed by atoms with Crippen molar-refractivity contribution < 1.29 is 4.79 Å². The van der Waals surface area contributed by atoms with Crippen LogP contribution in [-0.2, 0) is 4.79 Å². The van der Waals surface area contributed by atoms with E-state index >= 15 is 0 Å². The van der Waals surface area contributed by atoms with Crippen LogP contribution in [0.5, 0.6) is 0 Å². The third kappa shape index (κ3) is 1.82. The Morgan fingerprint density at radius 1 is 1.00 bits per heavy atom. The van der Waals surface area contributed by atoms with Gasteiger partial charge in [-0.05, 0) is 23.6 Å². The number of aldehydes is 1. The van der Waals surface area contributed by atoms with Crippen LogP contribution in [0.2, 0.25) is 0 Å². The molecule has 1 nitrogen and oxygen atoms in total. The van der Waals surface area contributed by atoms with E-state index in [1.807, 2.05) is 49.5 Å². The lowest BCUT2D eigenvalue weighted by atomic mass is 9.98. The quantitative estimate of drug-likeness (QED) is 0.589. The summed E-state index contributed by atoms with van der Waals surface area (Å²) in [5, 5.41) is 0. The van der Waals surface area contributed by atoms with Crippen molar-refractivity contribution in [1.82, 2.24) is 0 Å². The van der Waals surface area contributed by atoms with Crippen LogP contribution in [-0.4, -0.2) is 6.29 Å². The third-order valence-electron chi connectivity index (χ3n) is 2.59. The smallest absolute Gasteiger partial charge is 0.150 e. The van der Waals surface area contributed by atoms with Crippen molar-refractivity contribution >= 4 is 6.29 Å². The highest BCUT2D eigenvalue weighted by Gasteiger charge is 2.10. The normalized spacial score (nSPS) is 19.0. The van der Waals surface area contributed by atoms with E-state index in [2.05, 4.69) is 6.08 Å². The zero-order valence-corrected chi connectivity index (χ0v) is 8.60. The highest BCUT2D eigenvalue weighted by atomic mass is 16.1. The molecule has 2 rings (SSSR count). The van der Waals surface area contributed by atoms with Crippen LogP contribution in [0.4, 0.5) is 0 Å². The SMILES string of the molecule is CC1=C2C=CC=CC=C2C=CC=C1C=O. The first kappa shape index (κ1) is 9.66. The van der Waals surface area contributed by atoms with Crippen molar-refractivity contribution in [2.75, 3.05) is 0 Å². The Balaban J connectivity index is 2.62. The molecule has 0 atom stereocenters. The first-order valence-corrected chi connectivity index (χ1v) is 4.93. The van der Waals surface area contributed by atoms with Gasteiger partial charge in [-0.3, -0.25) is 4.79 Å². The molecule has 74 valence electrons. The molecule has 0 aromatic carbocycles. The second-order valence-corrected chi connectivity index (χ2v) is 3.50. The Hall–Kier alpha value is -1.89. The first-order chi connectivity index (χ1) is 7.33. The Kier molecular flexibility index (Phi) is 2.64. The fraction of sp³-hybridized carbons (Fsp3) is 0.0714. The maximum absolute atomic E-state index is 10.9. The van der Waals surface area contributed by atoms with E-state index in [0.717, 1.165) is 28.6 Å². The summed E-state index contributed by atoms with van der Waals surface area (Å²) < 4.78 is 0. The zero-order chi connectivity index (χ0) is 10.7. The van der Waals surface area contributed by atoms with Crippen molar-refractivity contribution in [3.05, 3.63) is 70.9 Å². The highest BCUT2D eigenvalue weighted by Crippen LogP contribution is 2.26. The summed E-state index contributed by atoms with van der Waals surface area (Å²) in [5.41, 5.74) is 4.04. The molecule has 0 fully saturated rings. The Morgan fingerprint density at radius 3 is 2.67 bits per heavy atom. The maximum atomic E-state index is 10.9. The van der Waals surface area contributed by atoms with Gasteiger partial charge in [-0.25, -0.2) is 0 Å². The van der Waals surface area contributed by atoms with Gasteiger partial charge in [0.25, 0.3) is 0 Å². The number of carbonyl (C=O) groups excluding carboxylic acids is 1. The van der Waals surface area contributed by atoms with E-state index in [4.69, 9.17) is 0 Å². The molecule has 0 amide bonds. The van der Waals surface area contributed by atoms with Crippen molar-refractivity contribution in [3.8, 4) is 0 Å². The Morgan fingerprint density at radius 2 is 1.87 bits per heavy atom. The topological polar surface area (TPSA) is 17.1 Å². The monoisotopic (exact) mass is 196 g/mol. The Bertz CT molecular complexity index is 466. The minimum atomic E-state index is 0.746. The number of hydrogen-bond donors (Lipinski definition) is 0. The number of allylic oxidation sites excluding steroid dienone is 12. The largest absolute Gasteiger partial charge is 0.298 e. The lowest BCUT2D eigenvalue weighted by molar-refractivity contribution is -0.104. The van der Waals surface area contributed by atoms with E-state index in [9.17, 15) is 4.79 Å². The molecule has 0 aromatic heterocycles. The van der Waals surface area contributed by atoms with Gasteiger partial charge in [-0.2, -0.15) is 0 Å². The van der Waals surface area contributed by atoms with Crippen molar-refractivity contribution in [2.45, 2.75) is 6.92 Å². The molecular weight excluding hydrogens is 184 g/mol. The van der Waals surface area contributed by atoms with Gasteiger partial charge in [0.1, 0.15) is 6.29 Å². The summed E-state index contributed by atoms with van der Waals surface area (Å²) in [7, 11) is 0. The van der Waals surface area contributed by atoms with E-state index < -0.39 is 0 Å². The molecule has 15 heavy (non-hydrogen) atoms. The van der Waals surface area contributed by atoms with E-state index in [0.29, 0.717) is 0 Å². The number of carbonyl (C=O) groups is 1. The lowest BCUT2D eigenvalue weighted by Crippen LogP contribution is -1.92. The van der Waals surface area contributed by atoms with Crippen LogP contribution in [0.1, 0.15) is 6.92 Å². The molecule has 1 heteroatoms. The fourth-order valence-corrected chi connectivity index (χ4v) is 1.71. The molecule has 0 bridgehead atoms. The highest BCUT2D eigenvalue weighted by molar-refractivity contribution is 5.83. The molecule has 0 heterocycles. The zero-order valence-electron chi connectivity index (χ0n) is 8.60. The van der Waals surface area contributed by atoms with E-state index in [-0.39, 0.29) is 0 Å². The Labute approximate surface area is 89.5 Å². The molecule has 0 unspecified atom stereocenters. The molecule has 0 aromatic rings. The van der Waals surface area contributed by atoms with Crippen LogP contribution in [0, 0.1) is 0 Å². The molecule has 2 aliphatic carbocycles. The van der Waals surface area contributed by atoms with Crippen LogP contribution >= 0.6 is 0 Å². The number of fused-ring (bicyclic) bond motifs is 1. The van der Waals surface area contributed by atoms with Crippen LogP contribution in [0.25, 0.3) is 0 Å². The van der Waals surface area contributed by atoms with Gasteiger partial charge < -0.3 is 0 Å². The van der Waals surface area contributed by atoms with Gasteiger partial charge in [0.2, 0.25) is 0 Å². The van der Waals surface area contributed by atoms with Crippen molar-refractivity contribution in [2.24, 2.45) is 0 Å². The molecule has 0 N–H and O–H groups in total. The maximum Gasteiger partial charge on any atom is 0.150 e. The predicted octanol–water partition coefficient (Wildman–Crippen LogP) is 3.05. The van der Waals surface area contributed by atoms with Crippen molar-refractivity contribution in [3.63, 3.8) is 0 Å². The average molecular weight is 196 g/mol. The first-order valence-electron chi connectivity index (χ1n) is 4.93. The van der Waals surface area contributed by atoms with Gasteiger partial charge in [0.15, 0.2) is 0 Å². The predicted molar refractivity (Wildman–Crippen MR) is 62.4 cm³/mol. The van der Waals surface area contributed by atoms with Crippen molar-refractivity contribution in [1.29, 1.82) is 0 Å². The number of rotatable bonds is 1. The lowest BCUT2D eigenvalue weighted by Gasteiger charge is -2.06. The molecule has 0 spiro atoms.